The normalized spacial score (nSPS) is 10.1. The SMILES string of the molecule is CCN(CC)c1ccc(C(=O)C[S])cc1. The van der Waals surface area contributed by atoms with Crippen molar-refractivity contribution in [1.29, 1.82) is 0 Å². The standard InChI is InChI=1S/C12H16NOS/c1-3-13(4-2)11-7-5-10(6-8-11)12(14)9-15/h5-8H,3-4,9H2,1-2H3. The lowest BCUT2D eigenvalue weighted by Gasteiger charge is -2.20. The average Bonchev–Trinajstić information content (AvgIpc) is 2.30. The van der Waals surface area contributed by atoms with Gasteiger partial charge in [-0.1, -0.05) is 12.6 Å². The molecule has 3 heteroatoms. The molecule has 15 heavy (non-hydrogen) atoms. The van der Waals surface area contributed by atoms with Crippen LogP contribution in [0.4, 0.5) is 5.69 Å². The fraction of sp³-hybridized carbons (Fsp3) is 0.417. The number of nitrogens with zero attached hydrogens (tertiary/aromatic N) is 1. The second-order valence-corrected chi connectivity index (χ2v) is 3.58. The average molecular weight is 222 g/mol. The molecule has 0 N–H and O–H groups in total. The zero-order valence-corrected chi connectivity index (χ0v) is 10.0. The molecule has 1 rings (SSSR count). The van der Waals surface area contributed by atoms with Crippen molar-refractivity contribution in [2.45, 2.75) is 13.8 Å². The first-order chi connectivity index (χ1) is 7.22. The maximum Gasteiger partial charge on any atom is 0.173 e. The summed E-state index contributed by atoms with van der Waals surface area (Å²) in [5.41, 5.74) is 1.86. The van der Waals surface area contributed by atoms with E-state index in [0.717, 1.165) is 18.8 Å². The van der Waals surface area contributed by atoms with E-state index in [1.807, 2.05) is 24.3 Å². The third kappa shape index (κ3) is 2.99. The minimum absolute atomic E-state index is 0.0242. The molecule has 0 saturated heterocycles. The summed E-state index contributed by atoms with van der Waals surface area (Å²) < 4.78 is 0. The predicted octanol–water partition coefficient (Wildman–Crippen LogP) is 2.91. The molecule has 0 unspecified atom stereocenters. The molecule has 2 nitrogen and oxygen atoms in total. The van der Waals surface area contributed by atoms with Crippen molar-refractivity contribution in [2.75, 3.05) is 23.7 Å². The van der Waals surface area contributed by atoms with Crippen LogP contribution in [0.2, 0.25) is 0 Å². The Morgan fingerprint density at radius 1 is 1.20 bits per heavy atom. The number of hydrogen-bond donors (Lipinski definition) is 0. The van der Waals surface area contributed by atoms with Gasteiger partial charge in [0, 0.05) is 24.3 Å². The largest absolute Gasteiger partial charge is 0.372 e. The third-order valence-corrected chi connectivity index (χ3v) is 2.71. The van der Waals surface area contributed by atoms with Crippen LogP contribution >= 0.6 is 12.6 Å². The molecule has 0 aliphatic rings. The minimum atomic E-state index is 0.0242. The van der Waals surface area contributed by atoms with Crippen LogP contribution in [-0.2, 0) is 0 Å². The van der Waals surface area contributed by atoms with Crippen molar-refractivity contribution < 1.29 is 4.79 Å². The van der Waals surface area contributed by atoms with Crippen LogP contribution in [0.3, 0.4) is 0 Å². The molecule has 1 aromatic rings. The summed E-state index contributed by atoms with van der Waals surface area (Å²) in [6.45, 7) is 6.19. The van der Waals surface area contributed by atoms with Gasteiger partial charge >= 0.3 is 0 Å². The van der Waals surface area contributed by atoms with E-state index in [-0.39, 0.29) is 11.5 Å². The van der Waals surface area contributed by atoms with Gasteiger partial charge in [-0.05, 0) is 38.1 Å². The van der Waals surface area contributed by atoms with Gasteiger partial charge in [0.25, 0.3) is 0 Å². The monoisotopic (exact) mass is 222 g/mol. The molecule has 0 bridgehead atoms. The van der Waals surface area contributed by atoms with Gasteiger partial charge in [-0.2, -0.15) is 0 Å². The van der Waals surface area contributed by atoms with Crippen LogP contribution < -0.4 is 4.90 Å². The van der Waals surface area contributed by atoms with Gasteiger partial charge in [-0.15, -0.1) is 0 Å². The Morgan fingerprint density at radius 3 is 2.13 bits per heavy atom. The second-order valence-electron chi connectivity index (χ2n) is 3.29. The molecule has 1 radical (unpaired) electrons. The summed E-state index contributed by atoms with van der Waals surface area (Å²) in [7, 11) is 0. The smallest absolute Gasteiger partial charge is 0.173 e. The van der Waals surface area contributed by atoms with Crippen molar-refractivity contribution in [1.82, 2.24) is 0 Å². The number of benzene rings is 1. The lowest BCUT2D eigenvalue weighted by atomic mass is 10.1. The summed E-state index contributed by atoms with van der Waals surface area (Å²) in [4.78, 5) is 13.6. The molecule has 0 aliphatic carbocycles. The molecule has 0 spiro atoms. The van der Waals surface area contributed by atoms with Crippen LogP contribution in [0.5, 0.6) is 0 Å². The quantitative estimate of drug-likeness (QED) is 0.714. The number of hydrogen-bond acceptors (Lipinski definition) is 2. The highest BCUT2D eigenvalue weighted by Gasteiger charge is 2.05. The van der Waals surface area contributed by atoms with E-state index in [1.54, 1.807) is 0 Å². The molecule has 0 aliphatic heterocycles. The van der Waals surface area contributed by atoms with Gasteiger partial charge in [-0.25, -0.2) is 0 Å². The van der Waals surface area contributed by atoms with Gasteiger partial charge in [0.15, 0.2) is 5.78 Å². The minimum Gasteiger partial charge on any atom is -0.372 e. The number of ketones is 1. The van der Waals surface area contributed by atoms with Crippen molar-refractivity contribution >= 4 is 24.1 Å². The second kappa shape index (κ2) is 5.81. The Morgan fingerprint density at radius 2 is 1.73 bits per heavy atom. The predicted molar refractivity (Wildman–Crippen MR) is 66.8 cm³/mol. The molecule has 0 amide bonds. The fourth-order valence-electron chi connectivity index (χ4n) is 1.53. The van der Waals surface area contributed by atoms with Gasteiger partial charge in [0.05, 0.1) is 5.75 Å². The van der Waals surface area contributed by atoms with Crippen molar-refractivity contribution in [3.8, 4) is 0 Å². The Hall–Kier alpha value is -0.960. The topological polar surface area (TPSA) is 20.3 Å². The lowest BCUT2D eigenvalue weighted by molar-refractivity contribution is 0.102. The molecule has 0 heterocycles. The summed E-state index contributed by atoms with van der Waals surface area (Å²) in [5, 5.41) is 0. The van der Waals surface area contributed by atoms with Crippen LogP contribution in [-0.4, -0.2) is 24.6 Å². The van der Waals surface area contributed by atoms with E-state index in [0.29, 0.717) is 5.56 Å². The maximum atomic E-state index is 11.3. The van der Waals surface area contributed by atoms with E-state index >= 15 is 0 Å². The number of carbonyl (C=O) groups excluding carboxylic acids is 1. The van der Waals surface area contributed by atoms with Crippen LogP contribution in [0, 0.1) is 0 Å². The number of Topliss-reactive ketones (excluding diaryl/α,β-unsaturated/α-hetero) is 1. The van der Waals surface area contributed by atoms with Gasteiger partial charge < -0.3 is 4.90 Å². The number of anilines is 1. The van der Waals surface area contributed by atoms with E-state index in [4.69, 9.17) is 12.6 Å². The first-order valence-electron chi connectivity index (χ1n) is 5.19. The van der Waals surface area contributed by atoms with E-state index in [2.05, 4.69) is 18.7 Å². The Kier molecular flexibility index (Phi) is 4.69. The Labute approximate surface area is 96.7 Å². The maximum absolute atomic E-state index is 11.3. The van der Waals surface area contributed by atoms with Crippen molar-refractivity contribution in [3.05, 3.63) is 29.8 Å². The number of carbonyl (C=O) groups is 1. The van der Waals surface area contributed by atoms with E-state index in [9.17, 15) is 4.79 Å². The Balaban J connectivity index is 2.84. The molecule has 81 valence electrons. The molecular formula is C12H16NOS. The summed E-state index contributed by atoms with van der Waals surface area (Å²) >= 11 is 4.73. The number of rotatable bonds is 5. The highest BCUT2D eigenvalue weighted by Crippen LogP contribution is 2.15. The van der Waals surface area contributed by atoms with E-state index < -0.39 is 0 Å². The van der Waals surface area contributed by atoms with Gasteiger partial charge in [-0.3, -0.25) is 4.79 Å². The Bertz CT molecular complexity index is 317. The summed E-state index contributed by atoms with van der Waals surface area (Å²) in [6, 6.07) is 7.65. The first-order valence-corrected chi connectivity index (χ1v) is 5.77. The molecular weight excluding hydrogens is 206 g/mol. The highest BCUT2D eigenvalue weighted by molar-refractivity contribution is 7.81. The lowest BCUT2D eigenvalue weighted by Crippen LogP contribution is -2.21. The van der Waals surface area contributed by atoms with Crippen molar-refractivity contribution in [3.63, 3.8) is 0 Å². The fourth-order valence-corrected chi connectivity index (χ4v) is 1.70. The van der Waals surface area contributed by atoms with Crippen LogP contribution in [0.15, 0.2) is 24.3 Å². The van der Waals surface area contributed by atoms with Gasteiger partial charge in [0.2, 0.25) is 0 Å². The molecule has 0 fully saturated rings. The molecule has 0 aromatic heterocycles. The zero-order valence-electron chi connectivity index (χ0n) is 9.19. The third-order valence-electron chi connectivity index (χ3n) is 2.45. The molecule has 1 aromatic carbocycles. The summed E-state index contributed by atoms with van der Waals surface area (Å²) in [5.74, 6) is 0.182. The summed E-state index contributed by atoms with van der Waals surface area (Å²) in [6.07, 6.45) is 0. The van der Waals surface area contributed by atoms with E-state index in [1.165, 1.54) is 0 Å². The molecule has 0 atom stereocenters. The first kappa shape index (κ1) is 12.1. The van der Waals surface area contributed by atoms with Crippen LogP contribution in [0.25, 0.3) is 0 Å². The zero-order chi connectivity index (χ0) is 11.3. The van der Waals surface area contributed by atoms with Crippen molar-refractivity contribution in [2.24, 2.45) is 0 Å². The molecule has 0 saturated carbocycles. The highest BCUT2D eigenvalue weighted by atomic mass is 32.1. The van der Waals surface area contributed by atoms with Gasteiger partial charge in [0.1, 0.15) is 0 Å². The van der Waals surface area contributed by atoms with Crippen LogP contribution in [0.1, 0.15) is 24.2 Å².